The lowest BCUT2D eigenvalue weighted by Crippen LogP contribution is -2.45. The largest absolute Gasteiger partial charge is 0.508 e. The first-order chi connectivity index (χ1) is 14.2. The fourth-order valence-electron chi connectivity index (χ4n) is 5.38. The van der Waals surface area contributed by atoms with Gasteiger partial charge >= 0.3 is 0 Å². The van der Waals surface area contributed by atoms with Crippen LogP contribution in [0.3, 0.4) is 0 Å². The van der Waals surface area contributed by atoms with Gasteiger partial charge in [-0.15, -0.1) is 12.4 Å². The van der Waals surface area contributed by atoms with Crippen molar-refractivity contribution in [2.24, 2.45) is 5.92 Å². The number of unbranched alkanes of at least 4 members (excludes halogenated alkanes) is 1. The molecule has 0 fully saturated rings. The maximum Gasteiger partial charge on any atom is 0.127 e. The van der Waals surface area contributed by atoms with E-state index in [4.69, 9.17) is 4.74 Å². The Hall–Kier alpha value is -1.94. The Morgan fingerprint density at radius 1 is 1.26 bits per heavy atom. The molecule has 2 atom stereocenters. The lowest BCUT2D eigenvalue weighted by Gasteiger charge is -2.47. The van der Waals surface area contributed by atoms with E-state index >= 15 is 0 Å². The number of imidazole rings is 1. The van der Waals surface area contributed by atoms with Crippen molar-refractivity contribution in [1.82, 2.24) is 9.55 Å². The molecule has 1 aromatic heterocycles. The smallest absolute Gasteiger partial charge is 0.127 e. The molecule has 2 aliphatic rings. The van der Waals surface area contributed by atoms with E-state index in [-0.39, 0.29) is 23.4 Å². The van der Waals surface area contributed by atoms with Crippen molar-refractivity contribution in [2.75, 3.05) is 0 Å². The molecule has 31 heavy (non-hydrogen) atoms. The van der Waals surface area contributed by atoms with Crippen LogP contribution in [0.5, 0.6) is 11.5 Å². The fourth-order valence-corrected chi connectivity index (χ4v) is 5.38. The topological polar surface area (TPSA) is 47.3 Å². The molecule has 0 spiro atoms. The molecule has 170 valence electrons. The number of rotatable bonds is 6. The van der Waals surface area contributed by atoms with Crippen molar-refractivity contribution in [1.29, 1.82) is 0 Å². The highest BCUT2D eigenvalue weighted by Crippen LogP contribution is 2.54. The van der Waals surface area contributed by atoms with E-state index in [9.17, 15) is 5.11 Å². The number of benzene rings is 1. The van der Waals surface area contributed by atoms with E-state index in [1.807, 2.05) is 24.8 Å². The second-order valence-electron chi connectivity index (χ2n) is 10.5. The number of fused-ring (bicyclic) bond motifs is 3. The number of ether oxygens (including phenoxy) is 1. The molecule has 0 unspecified atom stereocenters. The van der Waals surface area contributed by atoms with Gasteiger partial charge in [-0.2, -0.15) is 0 Å². The van der Waals surface area contributed by atoms with E-state index < -0.39 is 0 Å². The number of aryl methyl sites for hydroxylation is 1. The van der Waals surface area contributed by atoms with Gasteiger partial charge in [-0.05, 0) is 69.6 Å². The summed E-state index contributed by atoms with van der Waals surface area (Å²) >= 11 is 0. The zero-order chi connectivity index (χ0) is 21.5. The van der Waals surface area contributed by atoms with Crippen LogP contribution < -0.4 is 4.74 Å². The summed E-state index contributed by atoms with van der Waals surface area (Å²) in [6.45, 7) is 12.2. The van der Waals surface area contributed by atoms with Crippen LogP contribution in [0.2, 0.25) is 0 Å². The maximum absolute atomic E-state index is 11.1. The molecule has 5 heteroatoms. The van der Waals surface area contributed by atoms with Gasteiger partial charge in [-0.1, -0.05) is 31.9 Å². The van der Waals surface area contributed by atoms with E-state index in [0.717, 1.165) is 50.0 Å². The fraction of sp³-hybridized carbons (Fsp3) is 0.577. The summed E-state index contributed by atoms with van der Waals surface area (Å²) in [7, 11) is 0. The van der Waals surface area contributed by atoms with E-state index in [1.54, 1.807) is 0 Å². The third-order valence-electron chi connectivity index (χ3n) is 7.31. The first kappa shape index (κ1) is 23.7. The van der Waals surface area contributed by atoms with Crippen LogP contribution in [0.25, 0.3) is 0 Å². The summed E-state index contributed by atoms with van der Waals surface area (Å²) in [6.07, 6.45) is 13.4. The van der Waals surface area contributed by atoms with Crippen LogP contribution in [-0.4, -0.2) is 20.3 Å². The molecule has 0 saturated heterocycles. The van der Waals surface area contributed by atoms with Crippen molar-refractivity contribution in [3.05, 3.63) is 53.6 Å². The predicted molar refractivity (Wildman–Crippen MR) is 128 cm³/mol. The SMILES string of the molecule is CC1=CC[C@@H]2[C@@H](C1)c1c(O)cc(C(C)(C)CCCCn3ccnc3)cc1OC2(C)C.Cl. The van der Waals surface area contributed by atoms with Crippen LogP contribution in [0.1, 0.15) is 83.8 Å². The molecule has 0 saturated carbocycles. The zero-order valence-electron chi connectivity index (χ0n) is 19.5. The summed E-state index contributed by atoms with van der Waals surface area (Å²) in [5.41, 5.74) is 3.36. The summed E-state index contributed by atoms with van der Waals surface area (Å²) in [5.74, 6) is 2.04. The number of hydrogen-bond acceptors (Lipinski definition) is 3. The predicted octanol–water partition coefficient (Wildman–Crippen LogP) is 6.77. The van der Waals surface area contributed by atoms with Crippen molar-refractivity contribution in [2.45, 2.75) is 90.2 Å². The van der Waals surface area contributed by atoms with Gasteiger partial charge in [0.1, 0.15) is 17.1 Å². The van der Waals surface area contributed by atoms with E-state index in [2.05, 4.69) is 56.3 Å². The summed E-state index contributed by atoms with van der Waals surface area (Å²) < 4.78 is 8.65. The molecule has 2 heterocycles. The summed E-state index contributed by atoms with van der Waals surface area (Å²) in [5, 5.41) is 11.1. The highest BCUT2D eigenvalue weighted by Gasteiger charge is 2.46. The molecule has 0 radical (unpaired) electrons. The highest BCUT2D eigenvalue weighted by atomic mass is 35.5. The molecule has 4 rings (SSSR count). The number of aromatic nitrogens is 2. The Morgan fingerprint density at radius 3 is 2.74 bits per heavy atom. The number of phenolic OH excluding ortho intramolecular Hbond substituents is 1. The van der Waals surface area contributed by atoms with Crippen molar-refractivity contribution in [3.63, 3.8) is 0 Å². The van der Waals surface area contributed by atoms with E-state index in [1.165, 1.54) is 11.1 Å². The van der Waals surface area contributed by atoms with Gasteiger partial charge in [0.2, 0.25) is 0 Å². The molecule has 1 N–H and O–H groups in total. The van der Waals surface area contributed by atoms with Crippen LogP contribution in [-0.2, 0) is 12.0 Å². The standard InChI is InChI=1S/C26H36N2O2.ClH/c1-18-8-9-21-20(14-18)24-22(29)15-19(16-23(24)30-26(21,4)5)25(2,3)10-6-7-12-28-13-11-27-17-28;/h8,11,13,15-17,20-21,29H,6-7,9-10,12,14H2,1-5H3;1H/t20-,21-;/m1./s1. The molecule has 1 aliphatic heterocycles. The zero-order valence-corrected chi connectivity index (χ0v) is 20.3. The first-order valence-corrected chi connectivity index (χ1v) is 11.4. The second kappa shape index (κ2) is 8.90. The molecule has 1 aromatic carbocycles. The third-order valence-corrected chi connectivity index (χ3v) is 7.31. The number of allylic oxidation sites excluding steroid dienone is 2. The molecular formula is C26H37ClN2O2. The minimum atomic E-state index is -0.227. The van der Waals surface area contributed by atoms with Gasteiger partial charge in [-0.25, -0.2) is 4.98 Å². The quantitative estimate of drug-likeness (QED) is 0.395. The summed E-state index contributed by atoms with van der Waals surface area (Å²) in [6, 6.07) is 4.21. The van der Waals surface area contributed by atoms with Crippen LogP contribution in [0, 0.1) is 5.92 Å². The molecular weight excluding hydrogens is 408 g/mol. The second-order valence-corrected chi connectivity index (χ2v) is 10.5. The minimum Gasteiger partial charge on any atom is -0.508 e. The van der Waals surface area contributed by atoms with Crippen LogP contribution >= 0.6 is 12.4 Å². The monoisotopic (exact) mass is 444 g/mol. The Bertz CT molecular complexity index is 931. The molecule has 0 amide bonds. The molecule has 0 bridgehead atoms. The Kier molecular flexibility index (Phi) is 6.81. The lowest BCUT2D eigenvalue weighted by atomic mass is 9.66. The van der Waals surface area contributed by atoms with Crippen LogP contribution in [0.15, 0.2) is 42.5 Å². The van der Waals surface area contributed by atoms with E-state index in [0.29, 0.717) is 17.6 Å². The van der Waals surface area contributed by atoms with Gasteiger partial charge in [-0.3, -0.25) is 0 Å². The summed E-state index contributed by atoms with van der Waals surface area (Å²) in [4.78, 5) is 4.11. The number of hydrogen-bond donors (Lipinski definition) is 1. The lowest BCUT2D eigenvalue weighted by molar-refractivity contribution is 0.00741. The molecule has 1 aliphatic carbocycles. The maximum atomic E-state index is 11.1. The van der Waals surface area contributed by atoms with Gasteiger partial charge < -0.3 is 14.4 Å². The minimum absolute atomic E-state index is 0. The van der Waals surface area contributed by atoms with Gasteiger partial charge in [0, 0.05) is 36.3 Å². The first-order valence-electron chi connectivity index (χ1n) is 11.4. The van der Waals surface area contributed by atoms with Gasteiger partial charge in [0.15, 0.2) is 0 Å². The normalized spacial score (nSPS) is 21.9. The van der Waals surface area contributed by atoms with Gasteiger partial charge in [0.25, 0.3) is 0 Å². The average Bonchev–Trinajstić information content (AvgIpc) is 3.17. The van der Waals surface area contributed by atoms with Crippen molar-refractivity contribution < 1.29 is 9.84 Å². The molecule has 4 nitrogen and oxygen atoms in total. The van der Waals surface area contributed by atoms with Crippen LogP contribution in [0.4, 0.5) is 0 Å². The number of phenols is 1. The highest BCUT2D eigenvalue weighted by molar-refractivity contribution is 5.85. The van der Waals surface area contributed by atoms with Gasteiger partial charge in [0.05, 0.1) is 6.33 Å². The average molecular weight is 445 g/mol. The Labute approximate surface area is 193 Å². The third kappa shape index (κ3) is 4.79. The Balaban J connectivity index is 0.00000272. The number of aromatic hydroxyl groups is 1. The van der Waals surface area contributed by atoms with Crippen molar-refractivity contribution in [3.8, 4) is 11.5 Å². The number of halogens is 1. The Morgan fingerprint density at radius 2 is 2.03 bits per heavy atom. The number of nitrogens with zero attached hydrogens (tertiary/aromatic N) is 2. The molecule has 2 aromatic rings. The van der Waals surface area contributed by atoms with Crippen molar-refractivity contribution >= 4 is 12.4 Å².